The van der Waals surface area contributed by atoms with E-state index in [2.05, 4.69) is 4.98 Å². The zero-order valence-corrected chi connectivity index (χ0v) is 12.6. The molecule has 0 spiro atoms. The Morgan fingerprint density at radius 1 is 1.09 bits per heavy atom. The number of carbonyl (C=O) groups is 2. The second-order valence-corrected chi connectivity index (χ2v) is 5.39. The van der Waals surface area contributed by atoms with Gasteiger partial charge < -0.3 is 14.4 Å². The molecule has 2 heterocycles. The smallest absolute Gasteiger partial charge is 0.256 e. The van der Waals surface area contributed by atoms with E-state index >= 15 is 0 Å². The average Bonchev–Trinajstić information content (AvgIpc) is 3.08. The lowest BCUT2D eigenvalue weighted by molar-refractivity contribution is -0.133. The molecule has 0 saturated carbocycles. The van der Waals surface area contributed by atoms with E-state index in [4.69, 9.17) is 0 Å². The molecule has 2 amide bonds. The van der Waals surface area contributed by atoms with E-state index in [1.54, 1.807) is 45.2 Å². The molecule has 0 unspecified atom stereocenters. The second kappa shape index (κ2) is 6.60. The first-order valence-corrected chi connectivity index (χ1v) is 7.42. The molecule has 1 aromatic heterocycles. The molecule has 2 aromatic rings. The summed E-state index contributed by atoms with van der Waals surface area (Å²) in [6.07, 6.45) is 4.95. The van der Waals surface area contributed by atoms with Gasteiger partial charge in [-0.25, -0.2) is 9.37 Å². The lowest BCUT2D eigenvalue weighted by Gasteiger charge is -2.35. The summed E-state index contributed by atoms with van der Waals surface area (Å²) in [4.78, 5) is 31.7. The van der Waals surface area contributed by atoms with Crippen LogP contribution in [0, 0.1) is 5.82 Å². The molecule has 1 aliphatic rings. The minimum atomic E-state index is -0.517. The van der Waals surface area contributed by atoms with E-state index in [9.17, 15) is 14.0 Å². The molecule has 0 bridgehead atoms. The van der Waals surface area contributed by atoms with Crippen LogP contribution in [-0.2, 0) is 11.3 Å². The summed E-state index contributed by atoms with van der Waals surface area (Å²) in [5.74, 6) is -0.859. The molecular formula is C16H17FN4O2. The predicted molar refractivity (Wildman–Crippen MR) is 81.1 cm³/mol. The van der Waals surface area contributed by atoms with E-state index < -0.39 is 5.82 Å². The number of imidazole rings is 1. The fraction of sp³-hybridized carbons (Fsp3) is 0.312. The first kappa shape index (κ1) is 15.2. The van der Waals surface area contributed by atoms with Crippen molar-refractivity contribution < 1.29 is 14.0 Å². The van der Waals surface area contributed by atoms with Crippen LogP contribution in [0.2, 0.25) is 0 Å². The summed E-state index contributed by atoms with van der Waals surface area (Å²) >= 11 is 0. The van der Waals surface area contributed by atoms with Crippen molar-refractivity contribution in [1.82, 2.24) is 19.4 Å². The second-order valence-electron chi connectivity index (χ2n) is 5.39. The van der Waals surface area contributed by atoms with Crippen LogP contribution in [0.5, 0.6) is 0 Å². The largest absolute Gasteiger partial charge is 0.338 e. The molecule has 7 heteroatoms. The number of carbonyl (C=O) groups excluding carboxylic acids is 2. The Bertz CT molecular complexity index is 694. The number of halogens is 1. The van der Waals surface area contributed by atoms with E-state index in [1.165, 1.54) is 12.1 Å². The minimum absolute atomic E-state index is 0.0130. The van der Waals surface area contributed by atoms with Crippen LogP contribution in [0.1, 0.15) is 10.4 Å². The Hall–Kier alpha value is -2.70. The third kappa shape index (κ3) is 3.39. The van der Waals surface area contributed by atoms with Crippen LogP contribution in [0.4, 0.5) is 4.39 Å². The van der Waals surface area contributed by atoms with Crippen LogP contribution in [-0.4, -0.2) is 57.3 Å². The van der Waals surface area contributed by atoms with E-state index in [-0.39, 0.29) is 23.9 Å². The molecule has 120 valence electrons. The van der Waals surface area contributed by atoms with E-state index in [1.807, 2.05) is 0 Å². The van der Waals surface area contributed by atoms with E-state index in [0.717, 1.165) is 0 Å². The van der Waals surface area contributed by atoms with Gasteiger partial charge in [-0.2, -0.15) is 0 Å². The third-order valence-electron chi connectivity index (χ3n) is 3.90. The molecular weight excluding hydrogens is 299 g/mol. The summed E-state index contributed by atoms with van der Waals surface area (Å²) in [6.45, 7) is 1.95. The van der Waals surface area contributed by atoms with Gasteiger partial charge in [-0.3, -0.25) is 9.59 Å². The molecule has 1 aromatic carbocycles. The highest BCUT2D eigenvalue weighted by molar-refractivity contribution is 5.94. The summed E-state index contributed by atoms with van der Waals surface area (Å²) in [5, 5.41) is 0. The van der Waals surface area contributed by atoms with Crippen molar-refractivity contribution >= 4 is 11.8 Å². The normalized spacial score (nSPS) is 14.8. The number of hydrogen-bond acceptors (Lipinski definition) is 3. The fourth-order valence-electron chi connectivity index (χ4n) is 2.60. The van der Waals surface area contributed by atoms with Gasteiger partial charge in [0.2, 0.25) is 5.91 Å². The number of nitrogens with zero attached hydrogens (tertiary/aromatic N) is 4. The van der Waals surface area contributed by atoms with Gasteiger partial charge in [0, 0.05) is 38.6 Å². The molecule has 1 fully saturated rings. The highest BCUT2D eigenvalue weighted by atomic mass is 19.1. The van der Waals surface area contributed by atoms with Crippen molar-refractivity contribution in [3.63, 3.8) is 0 Å². The minimum Gasteiger partial charge on any atom is -0.338 e. The Balaban J connectivity index is 1.57. The number of rotatable bonds is 3. The number of benzene rings is 1. The Kier molecular flexibility index (Phi) is 4.36. The zero-order valence-electron chi connectivity index (χ0n) is 12.6. The maximum absolute atomic E-state index is 13.7. The number of hydrogen-bond donors (Lipinski definition) is 0. The summed E-state index contributed by atoms with van der Waals surface area (Å²) in [5.41, 5.74) is 0.0747. The Morgan fingerprint density at radius 3 is 2.43 bits per heavy atom. The van der Waals surface area contributed by atoms with Gasteiger partial charge in [-0.1, -0.05) is 12.1 Å². The molecule has 1 aliphatic heterocycles. The van der Waals surface area contributed by atoms with Crippen LogP contribution in [0.3, 0.4) is 0 Å². The van der Waals surface area contributed by atoms with Crippen LogP contribution >= 0.6 is 0 Å². The van der Waals surface area contributed by atoms with Crippen LogP contribution < -0.4 is 0 Å². The molecule has 0 N–H and O–H groups in total. The van der Waals surface area contributed by atoms with Crippen molar-refractivity contribution in [1.29, 1.82) is 0 Å². The molecule has 0 atom stereocenters. The maximum Gasteiger partial charge on any atom is 0.256 e. The lowest BCUT2D eigenvalue weighted by Crippen LogP contribution is -2.51. The quantitative estimate of drug-likeness (QED) is 0.849. The van der Waals surface area contributed by atoms with Gasteiger partial charge in [0.15, 0.2) is 0 Å². The van der Waals surface area contributed by atoms with Gasteiger partial charge in [-0.15, -0.1) is 0 Å². The molecule has 0 radical (unpaired) electrons. The zero-order chi connectivity index (χ0) is 16.2. The van der Waals surface area contributed by atoms with Gasteiger partial charge in [0.05, 0.1) is 11.9 Å². The molecule has 23 heavy (non-hydrogen) atoms. The van der Waals surface area contributed by atoms with Gasteiger partial charge in [-0.05, 0) is 12.1 Å². The fourth-order valence-corrected chi connectivity index (χ4v) is 2.60. The number of aromatic nitrogens is 2. The van der Waals surface area contributed by atoms with Crippen LogP contribution in [0.15, 0.2) is 43.0 Å². The first-order valence-electron chi connectivity index (χ1n) is 7.42. The van der Waals surface area contributed by atoms with Gasteiger partial charge in [0.1, 0.15) is 12.4 Å². The predicted octanol–water partition coefficient (Wildman–Crippen LogP) is 1.01. The Labute approximate surface area is 133 Å². The highest BCUT2D eigenvalue weighted by Gasteiger charge is 2.26. The summed E-state index contributed by atoms with van der Waals surface area (Å²) in [6, 6.07) is 5.95. The topological polar surface area (TPSA) is 58.4 Å². The number of piperazine rings is 1. The SMILES string of the molecule is O=C(Cn1ccnc1)N1CCN(C(=O)c2ccccc2F)CC1. The molecule has 1 saturated heterocycles. The summed E-state index contributed by atoms with van der Waals surface area (Å²) < 4.78 is 15.4. The maximum atomic E-state index is 13.7. The van der Waals surface area contributed by atoms with Crippen molar-refractivity contribution in [2.75, 3.05) is 26.2 Å². The first-order chi connectivity index (χ1) is 11.1. The summed E-state index contributed by atoms with van der Waals surface area (Å²) in [7, 11) is 0. The van der Waals surface area contributed by atoms with Crippen molar-refractivity contribution in [2.24, 2.45) is 0 Å². The lowest BCUT2D eigenvalue weighted by atomic mass is 10.1. The van der Waals surface area contributed by atoms with Crippen molar-refractivity contribution in [3.05, 3.63) is 54.4 Å². The van der Waals surface area contributed by atoms with Gasteiger partial charge in [0.25, 0.3) is 5.91 Å². The van der Waals surface area contributed by atoms with Crippen molar-refractivity contribution in [2.45, 2.75) is 6.54 Å². The van der Waals surface area contributed by atoms with Crippen molar-refractivity contribution in [3.8, 4) is 0 Å². The highest BCUT2D eigenvalue weighted by Crippen LogP contribution is 2.12. The molecule has 3 rings (SSSR count). The van der Waals surface area contributed by atoms with Crippen LogP contribution in [0.25, 0.3) is 0 Å². The average molecular weight is 316 g/mol. The van der Waals surface area contributed by atoms with Gasteiger partial charge >= 0.3 is 0 Å². The standard InChI is InChI=1S/C16H17FN4O2/c17-14-4-2-1-3-13(14)16(23)21-9-7-20(8-10-21)15(22)11-19-6-5-18-12-19/h1-6,12H,7-11H2. The third-order valence-corrected chi connectivity index (χ3v) is 3.90. The number of amides is 2. The van der Waals surface area contributed by atoms with E-state index in [0.29, 0.717) is 26.2 Å². The molecule has 6 nitrogen and oxygen atoms in total. The molecule has 0 aliphatic carbocycles. The monoisotopic (exact) mass is 316 g/mol. The Morgan fingerprint density at radius 2 is 1.78 bits per heavy atom.